The number of hydrogen-bond acceptors (Lipinski definition) is 6. The van der Waals surface area contributed by atoms with E-state index in [2.05, 4.69) is 4.90 Å². The molecule has 0 atom stereocenters. The van der Waals surface area contributed by atoms with Crippen LogP contribution in [0.1, 0.15) is 17.3 Å². The third-order valence-electron chi connectivity index (χ3n) is 4.32. The van der Waals surface area contributed by atoms with Gasteiger partial charge in [-0.15, -0.1) is 0 Å². The molecule has 1 saturated heterocycles. The summed E-state index contributed by atoms with van der Waals surface area (Å²) in [5.74, 6) is 0.311. The van der Waals surface area contributed by atoms with Gasteiger partial charge in [0.05, 0.1) is 13.2 Å². The van der Waals surface area contributed by atoms with Crippen molar-refractivity contribution in [2.45, 2.75) is 6.92 Å². The van der Waals surface area contributed by atoms with Crippen LogP contribution in [-0.4, -0.2) is 66.8 Å². The summed E-state index contributed by atoms with van der Waals surface area (Å²) in [6.45, 7) is 5.52. The number of piperazine rings is 1. The number of amides is 1. The highest BCUT2D eigenvalue weighted by Gasteiger charge is 2.24. The molecule has 1 aromatic carbocycles. The predicted molar refractivity (Wildman–Crippen MR) is 93.1 cm³/mol. The molecule has 2 heterocycles. The van der Waals surface area contributed by atoms with Gasteiger partial charge in [-0.05, 0) is 25.1 Å². The van der Waals surface area contributed by atoms with Gasteiger partial charge in [-0.3, -0.25) is 9.69 Å². The number of hydrogen-bond donors (Lipinski definition) is 1. The summed E-state index contributed by atoms with van der Waals surface area (Å²) in [4.78, 5) is 28.7. The molecule has 3 rings (SSSR count). The molecule has 2 aromatic rings. The van der Waals surface area contributed by atoms with E-state index in [4.69, 9.17) is 14.3 Å². The van der Waals surface area contributed by atoms with Gasteiger partial charge in [-0.25, -0.2) is 4.79 Å². The number of fused-ring (bicyclic) bond motifs is 1. The van der Waals surface area contributed by atoms with Crippen LogP contribution in [0, 0.1) is 0 Å². The van der Waals surface area contributed by atoms with E-state index in [1.54, 1.807) is 29.2 Å². The van der Waals surface area contributed by atoms with Crippen LogP contribution >= 0.6 is 0 Å². The zero-order valence-electron chi connectivity index (χ0n) is 14.2. The predicted octanol–water partition coefficient (Wildman–Crippen LogP) is 0.942. The number of aliphatic hydroxyl groups is 1. The summed E-state index contributed by atoms with van der Waals surface area (Å²) in [5.41, 5.74) is -0.184. The first-order chi connectivity index (χ1) is 12.1. The lowest BCUT2D eigenvalue weighted by Crippen LogP contribution is -2.49. The minimum Gasteiger partial charge on any atom is -0.494 e. The van der Waals surface area contributed by atoms with Crippen molar-refractivity contribution in [3.05, 3.63) is 40.2 Å². The lowest BCUT2D eigenvalue weighted by atomic mass is 10.1. The molecule has 1 amide bonds. The van der Waals surface area contributed by atoms with Crippen LogP contribution in [-0.2, 0) is 0 Å². The Morgan fingerprint density at radius 3 is 2.68 bits per heavy atom. The molecule has 1 aliphatic heterocycles. The molecule has 7 nitrogen and oxygen atoms in total. The fourth-order valence-electron chi connectivity index (χ4n) is 2.98. The molecule has 1 aliphatic rings. The second-order valence-electron chi connectivity index (χ2n) is 5.94. The van der Waals surface area contributed by atoms with Gasteiger partial charge in [0, 0.05) is 44.2 Å². The molecule has 25 heavy (non-hydrogen) atoms. The van der Waals surface area contributed by atoms with Gasteiger partial charge in [0.2, 0.25) is 0 Å². The summed E-state index contributed by atoms with van der Waals surface area (Å²) in [5, 5.41) is 9.66. The van der Waals surface area contributed by atoms with Gasteiger partial charge in [-0.2, -0.15) is 0 Å². The van der Waals surface area contributed by atoms with Crippen molar-refractivity contribution in [1.29, 1.82) is 0 Å². The smallest absolute Gasteiger partial charge is 0.349 e. The topological polar surface area (TPSA) is 83.2 Å². The maximum absolute atomic E-state index is 12.7. The van der Waals surface area contributed by atoms with Crippen molar-refractivity contribution in [2.75, 3.05) is 45.9 Å². The molecular formula is C18H22N2O5. The third kappa shape index (κ3) is 3.83. The maximum atomic E-state index is 12.7. The number of carbonyl (C=O) groups excluding carboxylic acids is 1. The van der Waals surface area contributed by atoms with Crippen LogP contribution in [0.3, 0.4) is 0 Å². The standard InChI is InChI=1S/C18H22N2O5/c1-2-24-14-4-3-13-11-15(18(23)25-16(13)12-14)17(22)20-7-5-19(6-8-20)9-10-21/h3-4,11-12,21H,2,5-10H2,1H3. The zero-order valence-corrected chi connectivity index (χ0v) is 14.2. The Morgan fingerprint density at radius 2 is 2.00 bits per heavy atom. The van der Waals surface area contributed by atoms with Crippen molar-refractivity contribution in [1.82, 2.24) is 9.80 Å². The highest BCUT2D eigenvalue weighted by atomic mass is 16.5. The fraction of sp³-hybridized carbons (Fsp3) is 0.444. The first-order valence-corrected chi connectivity index (χ1v) is 8.45. The van der Waals surface area contributed by atoms with Crippen molar-refractivity contribution < 1.29 is 19.1 Å². The number of benzene rings is 1. The third-order valence-corrected chi connectivity index (χ3v) is 4.32. The van der Waals surface area contributed by atoms with Crippen LogP contribution in [0.15, 0.2) is 33.5 Å². The van der Waals surface area contributed by atoms with Crippen LogP contribution in [0.5, 0.6) is 5.75 Å². The molecule has 7 heteroatoms. The van der Waals surface area contributed by atoms with E-state index in [1.807, 2.05) is 6.92 Å². The Hall–Kier alpha value is -2.38. The molecule has 0 aliphatic carbocycles. The molecule has 0 bridgehead atoms. The summed E-state index contributed by atoms with van der Waals surface area (Å²) in [6.07, 6.45) is 0. The second kappa shape index (κ2) is 7.67. The Morgan fingerprint density at radius 1 is 1.24 bits per heavy atom. The van der Waals surface area contributed by atoms with E-state index in [0.717, 1.165) is 0 Å². The van der Waals surface area contributed by atoms with Crippen molar-refractivity contribution >= 4 is 16.9 Å². The molecule has 0 saturated carbocycles. The number of β-amino-alcohol motifs (C(OH)–C–C–N with tert-alkyl or cyclic N) is 1. The first kappa shape index (κ1) is 17.4. The van der Waals surface area contributed by atoms with Gasteiger partial charge in [0.1, 0.15) is 16.9 Å². The Labute approximate surface area is 145 Å². The molecule has 1 N–H and O–H groups in total. The molecule has 0 radical (unpaired) electrons. The van der Waals surface area contributed by atoms with Crippen LogP contribution in [0.4, 0.5) is 0 Å². The first-order valence-electron chi connectivity index (χ1n) is 8.45. The van der Waals surface area contributed by atoms with E-state index in [1.165, 1.54) is 0 Å². The maximum Gasteiger partial charge on any atom is 0.349 e. The van der Waals surface area contributed by atoms with Crippen molar-refractivity contribution in [2.24, 2.45) is 0 Å². The average Bonchev–Trinajstić information content (AvgIpc) is 2.62. The summed E-state index contributed by atoms with van der Waals surface area (Å²) < 4.78 is 10.7. The highest BCUT2D eigenvalue weighted by Crippen LogP contribution is 2.21. The molecule has 0 unspecified atom stereocenters. The van der Waals surface area contributed by atoms with Gasteiger partial charge in [-0.1, -0.05) is 0 Å². The van der Waals surface area contributed by atoms with Gasteiger partial charge < -0.3 is 19.2 Å². The van der Waals surface area contributed by atoms with E-state index in [0.29, 0.717) is 56.0 Å². The quantitative estimate of drug-likeness (QED) is 0.812. The SMILES string of the molecule is CCOc1ccc2cc(C(=O)N3CCN(CCO)CC3)c(=O)oc2c1. The summed E-state index contributed by atoms with van der Waals surface area (Å²) in [6, 6.07) is 6.80. The van der Waals surface area contributed by atoms with E-state index in [9.17, 15) is 9.59 Å². The fourth-order valence-corrected chi connectivity index (χ4v) is 2.98. The molecule has 1 aromatic heterocycles. The number of carbonyl (C=O) groups is 1. The molecule has 134 valence electrons. The second-order valence-corrected chi connectivity index (χ2v) is 5.94. The number of rotatable bonds is 5. The van der Waals surface area contributed by atoms with Gasteiger partial charge in [0.15, 0.2) is 0 Å². The Balaban J connectivity index is 1.81. The van der Waals surface area contributed by atoms with Crippen molar-refractivity contribution in [3.63, 3.8) is 0 Å². The molecule has 0 spiro atoms. The van der Waals surface area contributed by atoms with E-state index < -0.39 is 5.63 Å². The summed E-state index contributed by atoms with van der Waals surface area (Å²) in [7, 11) is 0. The van der Waals surface area contributed by atoms with E-state index in [-0.39, 0.29) is 18.1 Å². The molecule has 1 fully saturated rings. The minimum absolute atomic E-state index is 0.0484. The van der Waals surface area contributed by atoms with E-state index >= 15 is 0 Å². The summed E-state index contributed by atoms with van der Waals surface area (Å²) >= 11 is 0. The number of nitrogens with zero attached hydrogens (tertiary/aromatic N) is 2. The largest absolute Gasteiger partial charge is 0.494 e. The zero-order chi connectivity index (χ0) is 17.8. The number of aliphatic hydroxyl groups excluding tert-OH is 1. The Bertz CT molecular complexity index is 809. The minimum atomic E-state index is -0.635. The average molecular weight is 346 g/mol. The lowest BCUT2D eigenvalue weighted by Gasteiger charge is -2.34. The van der Waals surface area contributed by atoms with Gasteiger partial charge in [0.25, 0.3) is 5.91 Å². The van der Waals surface area contributed by atoms with Crippen molar-refractivity contribution in [3.8, 4) is 5.75 Å². The Kier molecular flexibility index (Phi) is 5.35. The highest BCUT2D eigenvalue weighted by molar-refractivity contribution is 5.96. The molecular weight excluding hydrogens is 324 g/mol. The van der Waals surface area contributed by atoms with Crippen LogP contribution in [0.2, 0.25) is 0 Å². The van der Waals surface area contributed by atoms with Crippen LogP contribution in [0.25, 0.3) is 11.0 Å². The lowest BCUT2D eigenvalue weighted by molar-refractivity contribution is 0.0611. The van der Waals surface area contributed by atoms with Gasteiger partial charge >= 0.3 is 5.63 Å². The normalized spacial score (nSPS) is 15.5. The monoisotopic (exact) mass is 346 g/mol. The number of ether oxygens (including phenoxy) is 1. The van der Waals surface area contributed by atoms with Crippen LogP contribution < -0.4 is 10.4 Å².